The summed E-state index contributed by atoms with van der Waals surface area (Å²) in [5, 5.41) is 0. The monoisotopic (exact) mass is 197 g/mol. The molecule has 3 heteroatoms. The number of nitrogens with zero attached hydrogens (tertiary/aromatic N) is 3. The maximum Gasteiger partial charge on any atom is 0.0224 e. The van der Waals surface area contributed by atoms with E-state index in [2.05, 4.69) is 35.8 Å². The predicted molar refractivity (Wildman–Crippen MR) is 59.6 cm³/mol. The van der Waals surface area contributed by atoms with Crippen LogP contribution in [0.1, 0.15) is 12.8 Å². The predicted octanol–water partition coefficient (Wildman–Crippen LogP) is 0.326. The van der Waals surface area contributed by atoms with Gasteiger partial charge in [0.2, 0.25) is 0 Å². The van der Waals surface area contributed by atoms with Gasteiger partial charge in [0, 0.05) is 38.3 Å². The summed E-state index contributed by atoms with van der Waals surface area (Å²) in [5.74, 6) is 0. The molecular formula is C11H23N3. The largest absolute Gasteiger partial charge is 0.308 e. The summed E-state index contributed by atoms with van der Waals surface area (Å²) in [5.41, 5.74) is 0. The summed E-state index contributed by atoms with van der Waals surface area (Å²) < 4.78 is 0. The average Bonchev–Trinajstić information content (AvgIpc) is 2.41. The molecule has 2 saturated heterocycles. The van der Waals surface area contributed by atoms with Crippen LogP contribution in [-0.4, -0.2) is 74.1 Å². The van der Waals surface area contributed by atoms with Crippen LogP contribution in [0.25, 0.3) is 0 Å². The van der Waals surface area contributed by atoms with Gasteiger partial charge in [0.1, 0.15) is 0 Å². The quantitative estimate of drug-likeness (QED) is 0.645. The normalized spacial score (nSPS) is 34.3. The van der Waals surface area contributed by atoms with Crippen LogP contribution in [-0.2, 0) is 0 Å². The lowest BCUT2D eigenvalue weighted by Crippen LogP contribution is -2.52. The Balaban J connectivity index is 1.81. The Morgan fingerprint density at radius 1 is 1.14 bits per heavy atom. The highest BCUT2D eigenvalue weighted by atomic mass is 15.3. The van der Waals surface area contributed by atoms with E-state index in [1.165, 1.54) is 39.0 Å². The van der Waals surface area contributed by atoms with Crippen LogP contribution in [0, 0.1) is 0 Å². The molecule has 2 heterocycles. The summed E-state index contributed by atoms with van der Waals surface area (Å²) in [6.45, 7) is 5.03. The van der Waals surface area contributed by atoms with Crippen molar-refractivity contribution in [3.8, 4) is 0 Å². The van der Waals surface area contributed by atoms with E-state index in [1.54, 1.807) is 0 Å². The molecule has 2 atom stereocenters. The van der Waals surface area contributed by atoms with Crippen molar-refractivity contribution in [1.82, 2.24) is 14.7 Å². The average molecular weight is 197 g/mol. The van der Waals surface area contributed by atoms with Gasteiger partial charge >= 0.3 is 0 Å². The third-order valence-corrected chi connectivity index (χ3v) is 3.79. The van der Waals surface area contributed by atoms with E-state index in [0.717, 1.165) is 12.1 Å². The van der Waals surface area contributed by atoms with Gasteiger partial charge in [-0.2, -0.15) is 0 Å². The minimum absolute atomic E-state index is 0.843. The first-order valence-electron chi connectivity index (χ1n) is 5.76. The summed E-state index contributed by atoms with van der Waals surface area (Å²) in [4.78, 5) is 7.51. The Hall–Kier alpha value is -0.120. The van der Waals surface area contributed by atoms with Gasteiger partial charge in [-0.25, -0.2) is 0 Å². The number of hydrogen-bond donors (Lipinski definition) is 0. The van der Waals surface area contributed by atoms with Gasteiger partial charge in [-0.15, -0.1) is 0 Å². The number of hydrogen-bond acceptors (Lipinski definition) is 3. The number of fused-ring (bicyclic) bond motifs is 2. The van der Waals surface area contributed by atoms with Gasteiger partial charge in [0.25, 0.3) is 0 Å². The van der Waals surface area contributed by atoms with Crippen LogP contribution < -0.4 is 0 Å². The molecular weight excluding hydrogens is 174 g/mol. The first kappa shape index (κ1) is 10.4. The number of piperazine rings is 1. The third-order valence-electron chi connectivity index (χ3n) is 3.79. The molecule has 2 unspecified atom stereocenters. The molecule has 0 amide bonds. The van der Waals surface area contributed by atoms with Crippen LogP contribution in [0.5, 0.6) is 0 Å². The van der Waals surface area contributed by atoms with Crippen LogP contribution in [0.3, 0.4) is 0 Å². The van der Waals surface area contributed by atoms with E-state index in [1.807, 2.05) is 0 Å². The maximum atomic E-state index is 2.64. The minimum atomic E-state index is 0.843. The van der Waals surface area contributed by atoms with Gasteiger partial charge in [-0.1, -0.05) is 0 Å². The molecule has 0 spiro atoms. The molecule has 82 valence electrons. The second-order valence-electron chi connectivity index (χ2n) is 5.11. The van der Waals surface area contributed by atoms with Gasteiger partial charge in [0.05, 0.1) is 0 Å². The fourth-order valence-corrected chi connectivity index (χ4v) is 2.72. The molecule has 2 aliphatic heterocycles. The number of rotatable bonds is 3. The molecule has 0 N–H and O–H groups in total. The van der Waals surface area contributed by atoms with Crippen LogP contribution in [0.4, 0.5) is 0 Å². The first-order chi connectivity index (χ1) is 6.66. The zero-order valence-electron chi connectivity index (χ0n) is 9.74. The minimum Gasteiger partial charge on any atom is -0.308 e. The Morgan fingerprint density at radius 2 is 1.71 bits per heavy atom. The second kappa shape index (κ2) is 4.17. The molecule has 0 radical (unpaired) electrons. The van der Waals surface area contributed by atoms with Gasteiger partial charge in [-0.3, -0.25) is 9.80 Å². The molecule has 3 nitrogen and oxygen atoms in total. The zero-order chi connectivity index (χ0) is 10.1. The van der Waals surface area contributed by atoms with Crippen molar-refractivity contribution in [3.05, 3.63) is 0 Å². The molecule has 0 aromatic carbocycles. The molecule has 0 aromatic rings. The van der Waals surface area contributed by atoms with Crippen LogP contribution >= 0.6 is 0 Å². The highest BCUT2D eigenvalue weighted by molar-refractivity contribution is 4.93. The van der Waals surface area contributed by atoms with Crippen molar-refractivity contribution in [3.63, 3.8) is 0 Å². The fourth-order valence-electron chi connectivity index (χ4n) is 2.72. The van der Waals surface area contributed by atoms with E-state index in [0.29, 0.717) is 0 Å². The van der Waals surface area contributed by atoms with E-state index < -0.39 is 0 Å². The zero-order valence-corrected chi connectivity index (χ0v) is 9.74. The SMILES string of the molecule is CN(C)CCN1CC2CCC(C1)N2C. The topological polar surface area (TPSA) is 9.72 Å². The third kappa shape index (κ3) is 2.10. The number of likely N-dealkylation sites (tertiary alicyclic amines) is 1. The summed E-state index contributed by atoms with van der Waals surface area (Å²) in [6, 6.07) is 1.69. The summed E-state index contributed by atoms with van der Waals surface area (Å²) in [7, 11) is 6.61. The lowest BCUT2D eigenvalue weighted by atomic mass is 10.2. The lowest BCUT2D eigenvalue weighted by molar-refractivity contribution is 0.0839. The number of likely N-dealkylation sites (N-methyl/N-ethyl adjacent to an activating group) is 2. The smallest absolute Gasteiger partial charge is 0.0224 e. The van der Waals surface area contributed by atoms with Crippen molar-refractivity contribution < 1.29 is 0 Å². The van der Waals surface area contributed by atoms with Crippen molar-refractivity contribution in [2.75, 3.05) is 47.3 Å². The molecule has 0 saturated carbocycles. The molecule has 2 fully saturated rings. The van der Waals surface area contributed by atoms with Crippen molar-refractivity contribution in [1.29, 1.82) is 0 Å². The maximum absolute atomic E-state index is 2.64. The Bertz CT molecular complexity index is 179. The molecule has 2 rings (SSSR count). The molecule has 14 heavy (non-hydrogen) atoms. The Kier molecular flexibility index (Phi) is 3.10. The first-order valence-corrected chi connectivity index (χ1v) is 5.76. The van der Waals surface area contributed by atoms with Crippen molar-refractivity contribution in [2.24, 2.45) is 0 Å². The standard InChI is InChI=1S/C11H23N3/c1-12(2)6-7-14-8-10-4-5-11(9-14)13(10)3/h10-11H,4-9H2,1-3H3. The summed E-state index contributed by atoms with van der Waals surface area (Å²) in [6.07, 6.45) is 2.83. The second-order valence-corrected chi connectivity index (χ2v) is 5.11. The molecule has 0 aromatic heterocycles. The highest BCUT2D eigenvalue weighted by Crippen LogP contribution is 2.27. The van der Waals surface area contributed by atoms with Crippen molar-refractivity contribution in [2.45, 2.75) is 24.9 Å². The molecule has 2 bridgehead atoms. The fraction of sp³-hybridized carbons (Fsp3) is 1.00. The Morgan fingerprint density at radius 3 is 2.21 bits per heavy atom. The van der Waals surface area contributed by atoms with Gasteiger partial charge in [-0.05, 0) is 34.0 Å². The van der Waals surface area contributed by atoms with E-state index in [4.69, 9.17) is 0 Å². The van der Waals surface area contributed by atoms with E-state index in [9.17, 15) is 0 Å². The van der Waals surface area contributed by atoms with Crippen LogP contribution in [0.15, 0.2) is 0 Å². The van der Waals surface area contributed by atoms with Gasteiger partial charge < -0.3 is 4.90 Å². The Labute approximate surface area is 87.7 Å². The summed E-state index contributed by atoms with van der Waals surface area (Å²) >= 11 is 0. The van der Waals surface area contributed by atoms with E-state index in [-0.39, 0.29) is 0 Å². The lowest BCUT2D eigenvalue weighted by Gasteiger charge is -2.39. The highest BCUT2D eigenvalue weighted by Gasteiger charge is 2.36. The van der Waals surface area contributed by atoms with Gasteiger partial charge in [0.15, 0.2) is 0 Å². The van der Waals surface area contributed by atoms with Crippen molar-refractivity contribution >= 4 is 0 Å². The van der Waals surface area contributed by atoms with E-state index >= 15 is 0 Å². The van der Waals surface area contributed by atoms with Crippen LogP contribution in [0.2, 0.25) is 0 Å². The molecule has 2 aliphatic rings. The molecule has 0 aliphatic carbocycles.